The standard InChI is InChI=1S/C14H12O4S/c15-14(16)13-9-5-4-6-11(13)10-19(17,18)12-7-2-1-3-8-12/h1-9H,10H2,(H,15,16). The first-order chi connectivity index (χ1) is 9.00. The molecule has 0 aliphatic heterocycles. The average molecular weight is 276 g/mol. The third-order valence-electron chi connectivity index (χ3n) is 2.70. The summed E-state index contributed by atoms with van der Waals surface area (Å²) in [5.74, 6) is -1.45. The maximum atomic E-state index is 12.2. The van der Waals surface area contributed by atoms with E-state index in [0.29, 0.717) is 5.56 Å². The van der Waals surface area contributed by atoms with E-state index < -0.39 is 15.8 Å². The maximum Gasteiger partial charge on any atom is 0.335 e. The van der Waals surface area contributed by atoms with Crippen LogP contribution in [-0.4, -0.2) is 19.5 Å². The van der Waals surface area contributed by atoms with Crippen LogP contribution in [0.4, 0.5) is 0 Å². The molecule has 0 unspecified atom stereocenters. The van der Waals surface area contributed by atoms with E-state index in [1.54, 1.807) is 30.3 Å². The summed E-state index contributed by atoms with van der Waals surface area (Å²) in [6.45, 7) is 0. The molecule has 0 aliphatic rings. The summed E-state index contributed by atoms with van der Waals surface area (Å²) in [5.41, 5.74) is 0.306. The monoisotopic (exact) mass is 276 g/mol. The SMILES string of the molecule is O=C(O)c1ccccc1CS(=O)(=O)c1ccccc1. The Hall–Kier alpha value is -2.14. The van der Waals surface area contributed by atoms with Gasteiger partial charge in [0.1, 0.15) is 0 Å². The van der Waals surface area contributed by atoms with E-state index in [-0.39, 0.29) is 16.2 Å². The van der Waals surface area contributed by atoms with Gasteiger partial charge in [0.25, 0.3) is 0 Å². The molecule has 2 aromatic rings. The number of rotatable bonds is 4. The molecule has 0 saturated carbocycles. The van der Waals surface area contributed by atoms with E-state index in [0.717, 1.165) is 0 Å². The smallest absolute Gasteiger partial charge is 0.335 e. The molecule has 0 spiro atoms. The Kier molecular flexibility index (Phi) is 3.66. The van der Waals surface area contributed by atoms with Crippen LogP contribution in [0.3, 0.4) is 0 Å². The van der Waals surface area contributed by atoms with E-state index in [4.69, 9.17) is 5.11 Å². The van der Waals surface area contributed by atoms with E-state index in [1.165, 1.54) is 24.3 Å². The summed E-state index contributed by atoms with van der Waals surface area (Å²) in [7, 11) is -3.53. The normalized spacial score (nSPS) is 11.2. The summed E-state index contributed by atoms with van der Waals surface area (Å²) in [6.07, 6.45) is 0. The number of carboxylic acid groups (broad SMARTS) is 1. The van der Waals surface area contributed by atoms with Gasteiger partial charge in [0.05, 0.1) is 16.2 Å². The third-order valence-corrected chi connectivity index (χ3v) is 4.38. The van der Waals surface area contributed by atoms with Crippen molar-refractivity contribution in [2.45, 2.75) is 10.6 Å². The lowest BCUT2D eigenvalue weighted by molar-refractivity contribution is 0.0696. The van der Waals surface area contributed by atoms with Crippen molar-refractivity contribution in [1.29, 1.82) is 0 Å². The van der Waals surface area contributed by atoms with Gasteiger partial charge in [-0.1, -0.05) is 36.4 Å². The van der Waals surface area contributed by atoms with Crippen molar-refractivity contribution in [3.05, 3.63) is 65.7 Å². The second-order valence-corrected chi connectivity index (χ2v) is 6.02. The van der Waals surface area contributed by atoms with Gasteiger partial charge in [-0.2, -0.15) is 0 Å². The Morgan fingerprint density at radius 1 is 0.947 bits per heavy atom. The van der Waals surface area contributed by atoms with Crippen LogP contribution in [0.2, 0.25) is 0 Å². The molecule has 2 aromatic carbocycles. The van der Waals surface area contributed by atoms with E-state index in [9.17, 15) is 13.2 Å². The molecule has 0 amide bonds. The van der Waals surface area contributed by atoms with Crippen LogP contribution in [0, 0.1) is 0 Å². The molecule has 0 aliphatic carbocycles. The fraction of sp³-hybridized carbons (Fsp3) is 0.0714. The van der Waals surface area contributed by atoms with Crippen molar-refractivity contribution in [2.75, 3.05) is 0 Å². The molecule has 0 aromatic heterocycles. The number of carbonyl (C=O) groups is 1. The molecular formula is C14H12O4S. The van der Waals surface area contributed by atoms with Crippen LogP contribution in [0.25, 0.3) is 0 Å². The van der Waals surface area contributed by atoms with Crippen LogP contribution in [-0.2, 0) is 15.6 Å². The largest absolute Gasteiger partial charge is 0.478 e. The predicted octanol–water partition coefficient (Wildman–Crippen LogP) is 2.36. The Morgan fingerprint density at radius 3 is 2.16 bits per heavy atom. The molecule has 98 valence electrons. The van der Waals surface area contributed by atoms with Gasteiger partial charge in [-0.05, 0) is 23.8 Å². The van der Waals surface area contributed by atoms with E-state index in [1.807, 2.05) is 0 Å². The van der Waals surface area contributed by atoms with Crippen molar-refractivity contribution < 1.29 is 18.3 Å². The summed E-state index contributed by atoms with van der Waals surface area (Å²) in [4.78, 5) is 11.2. The summed E-state index contributed by atoms with van der Waals surface area (Å²) >= 11 is 0. The highest BCUT2D eigenvalue weighted by Crippen LogP contribution is 2.18. The Labute approximate surface area is 111 Å². The number of benzene rings is 2. The van der Waals surface area contributed by atoms with Gasteiger partial charge < -0.3 is 5.11 Å². The van der Waals surface area contributed by atoms with Crippen LogP contribution < -0.4 is 0 Å². The van der Waals surface area contributed by atoms with Crippen LogP contribution in [0.1, 0.15) is 15.9 Å². The third kappa shape index (κ3) is 3.00. The fourth-order valence-electron chi connectivity index (χ4n) is 1.77. The van der Waals surface area contributed by atoms with Crippen LogP contribution >= 0.6 is 0 Å². The lowest BCUT2D eigenvalue weighted by Crippen LogP contribution is -2.09. The van der Waals surface area contributed by atoms with Gasteiger partial charge in [-0.3, -0.25) is 0 Å². The number of hydrogen-bond donors (Lipinski definition) is 1. The molecule has 0 heterocycles. The van der Waals surface area contributed by atoms with Gasteiger partial charge in [-0.15, -0.1) is 0 Å². The molecule has 4 nitrogen and oxygen atoms in total. The Balaban J connectivity index is 2.39. The lowest BCUT2D eigenvalue weighted by Gasteiger charge is -2.07. The molecule has 19 heavy (non-hydrogen) atoms. The minimum absolute atomic E-state index is 0.0157. The highest BCUT2D eigenvalue weighted by molar-refractivity contribution is 7.90. The summed E-state index contributed by atoms with van der Waals surface area (Å²) < 4.78 is 24.4. The van der Waals surface area contributed by atoms with Gasteiger partial charge in [0.15, 0.2) is 9.84 Å². The zero-order chi connectivity index (χ0) is 13.9. The fourth-order valence-corrected chi connectivity index (χ4v) is 3.17. The number of aromatic carboxylic acids is 1. The zero-order valence-corrected chi connectivity index (χ0v) is 10.8. The van der Waals surface area contributed by atoms with Crippen molar-refractivity contribution in [2.24, 2.45) is 0 Å². The first kappa shape index (κ1) is 13.3. The summed E-state index contributed by atoms with van der Waals surface area (Å²) in [5, 5.41) is 9.04. The highest BCUT2D eigenvalue weighted by atomic mass is 32.2. The lowest BCUT2D eigenvalue weighted by atomic mass is 10.1. The molecule has 0 atom stereocenters. The zero-order valence-electron chi connectivity index (χ0n) is 9.98. The summed E-state index contributed by atoms with van der Waals surface area (Å²) in [6, 6.07) is 14.1. The highest BCUT2D eigenvalue weighted by Gasteiger charge is 2.18. The van der Waals surface area contributed by atoms with Gasteiger partial charge in [0.2, 0.25) is 0 Å². The Bertz CT molecular complexity index is 690. The second-order valence-electron chi connectivity index (χ2n) is 4.03. The van der Waals surface area contributed by atoms with Crippen LogP contribution in [0.15, 0.2) is 59.5 Å². The minimum Gasteiger partial charge on any atom is -0.478 e. The molecule has 0 saturated heterocycles. The van der Waals surface area contributed by atoms with Crippen molar-refractivity contribution in [3.8, 4) is 0 Å². The quantitative estimate of drug-likeness (QED) is 0.930. The van der Waals surface area contributed by atoms with Crippen molar-refractivity contribution in [3.63, 3.8) is 0 Å². The molecule has 5 heteroatoms. The average Bonchev–Trinajstić information content (AvgIpc) is 2.39. The molecule has 2 rings (SSSR count). The molecule has 1 N–H and O–H groups in total. The van der Waals surface area contributed by atoms with Gasteiger partial charge in [-0.25, -0.2) is 13.2 Å². The minimum atomic E-state index is -3.53. The number of sulfone groups is 1. The van der Waals surface area contributed by atoms with E-state index >= 15 is 0 Å². The molecular weight excluding hydrogens is 264 g/mol. The van der Waals surface area contributed by atoms with Crippen molar-refractivity contribution >= 4 is 15.8 Å². The second kappa shape index (κ2) is 5.24. The first-order valence-electron chi connectivity index (χ1n) is 5.60. The Morgan fingerprint density at radius 2 is 1.53 bits per heavy atom. The maximum absolute atomic E-state index is 12.2. The molecule has 0 fully saturated rings. The number of carboxylic acids is 1. The predicted molar refractivity (Wildman–Crippen MR) is 70.7 cm³/mol. The van der Waals surface area contributed by atoms with Crippen LogP contribution in [0.5, 0.6) is 0 Å². The molecule has 0 radical (unpaired) electrons. The first-order valence-corrected chi connectivity index (χ1v) is 7.25. The van der Waals surface area contributed by atoms with E-state index in [2.05, 4.69) is 0 Å². The topological polar surface area (TPSA) is 71.4 Å². The molecule has 0 bridgehead atoms. The van der Waals surface area contributed by atoms with Gasteiger partial charge in [0, 0.05) is 0 Å². The number of hydrogen-bond acceptors (Lipinski definition) is 3. The van der Waals surface area contributed by atoms with Crippen molar-refractivity contribution in [1.82, 2.24) is 0 Å². The van der Waals surface area contributed by atoms with Gasteiger partial charge >= 0.3 is 5.97 Å².